The predicted octanol–water partition coefficient (Wildman–Crippen LogP) is 3.36. The van der Waals surface area contributed by atoms with E-state index in [1.807, 2.05) is 35.7 Å². The highest BCUT2D eigenvalue weighted by molar-refractivity contribution is 7.16. The van der Waals surface area contributed by atoms with E-state index in [9.17, 15) is 9.59 Å². The van der Waals surface area contributed by atoms with Crippen molar-refractivity contribution in [1.82, 2.24) is 14.9 Å². The molecule has 1 N–H and O–H groups in total. The van der Waals surface area contributed by atoms with Crippen molar-refractivity contribution >= 4 is 27.5 Å². The van der Waals surface area contributed by atoms with Crippen molar-refractivity contribution in [3.63, 3.8) is 0 Å². The van der Waals surface area contributed by atoms with Crippen LogP contribution in [-0.2, 0) is 11.3 Å². The van der Waals surface area contributed by atoms with Crippen LogP contribution in [0.2, 0.25) is 0 Å². The smallest absolute Gasteiger partial charge is 0.262 e. The van der Waals surface area contributed by atoms with E-state index in [2.05, 4.69) is 24.1 Å². The zero-order valence-electron chi connectivity index (χ0n) is 14.3. The van der Waals surface area contributed by atoms with E-state index in [-0.39, 0.29) is 29.8 Å². The number of nitrogens with zero attached hydrogens (tertiary/aromatic N) is 2. The highest BCUT2D eigenvalue weighted by Gasteiger charge is 2.18. The first kappa shape index (κ1) is 17.4. The van der Waals surface area contributed by atoms with Gasteiger partial charge >= 0.3 is 0 Å². The van der Waals surface area contributed by atoms with E-state index in [0.29, 0.717) is 11.9 Å². The monoisotopic (exact) mass is 355 g/mol. The van der Waals surface area contributed by atoms with Crippen molar-refractivity contribution < 1.29 is 4.79 Å². The van der Waals surface area contributed by atoms with Crippen molar-refractivity contribution in [1.29, 1.82) is 0 Å². The molecular weight excluding hydrogens is 334 g/mol. The molecule has 6 heteroatoms. The van der Waals surface area contributed by atoms with Crippen LogP contribution in [0.15, 0.2) is 52.9 Å². The maximum Gasteiger partial charge on any atom is 0.262 e. The molecule has 0 aliphatic carbocycles. The number of fused-ring (bicyclic) bond motifs is 1. The minimum Gasteiger partial charge on any atom is -0.349 e. The van der Waals surface area contributed by atoms with E-state index < -0.39 is 0 Å². The standard InChI is InChI=1S/C19H21N3O2S/c1-13(2)17(14-6-4-3-5-7-14)21-16(23)8-10-22-12-20-18-15(19(22)24)9-11-25-18/h3-7,9,11-13,17H,8,10H2,1-2H3,(H,21,23). The first-order chi connectivity index (χ1) is 12.1. The van der Waals surface area contributed by atoms with Crippen LogP contribution in [0.4, 0.5) is 0 Å². The van der Waals surface area contributed by atoms with Gasteiger partial charge in [-0.3, -0.25) is 14.2 Å². The number of nitrogens with one attached hydrogen (secondary N) is 1. The Morgan fingerprint density at radius 3 is 2.72 bits per heavy atom. The summed E-state index contributed by atoms with van der Waals surface area (Å²) in [6, 6.07) is 11.7. The maximum absolute atomic E-state index is 12.4. The number of carbonyl (C=O) groups is 1. The highest BCUT2D eigenvalue weighted by Crippen LogP contribution is 2.21. The van der Waals surface area contributed by atoms with Crippen LogP contribution in [0.5, 0.6) is 0 Å². The summed E-state index contributed by atoms with van der Waals surface area (Å²) in [5, 5.41) is 5.54. The van der Waals surface area contributed by atoms with Crippen LogP contribution in [-0.4, -0.2) is 15.5 Å². The van der Waals surface area contributed by atoms with Crippen molar-refractivity contribution in [3.8, 4) is 0 Å². The number of benzene rings is 1. The molecule has 0 aliphatic heterocycles. The second-order valence-electron chi connectivity index (χ2n) is 6.33. The van der Waals surface area contributed by atoms with E-state index in [1.165, 1.54) is 22.2 Å². The minimum absolute atomic E-state index is 0.0390. The number of aryl methyl sites for hydroxylation is 1. The Morgan fingerprint density at radius 1 is 1.24 bits per heavy atom. The van der Waals surface area contributed by atoms with Gasteiger partial charge in [-0.25, -0.2) is 4.98 Å². The molecule has 0 spiro atoms. The topological polar surface area (TPSA) is 64.0 Å². The third kappa shape index (κ3) is 3.96. The minimum atomic E-state index is -0.0949. The Balaban J connectivity index is 1.67. The van der Waals surface area contributed by atoms with E-state index >= 15 is 0 Å². The Morgan fingerprint density at radius 2 is 2.00 bits per heavy atom. The molecule has 2 aromatic heterocycles. The molecule has 130 valence electrons. The average Bonchev–Trinajstić information content (AvgIpc) is 3.09. The molecule has 3 aromatic rings. The maximum atomic E-state index is 12.4. The van der Waals surface area contributed by atoms with Crippen molar-refractivity contribution in [2.45, 2.75) is 32.9 Å². The lowest BCUT2D eigenvalue weighted by Gasteiger charge is -2.23. The second-order valence-corrected chi connectivity index (χ2v) is 7.23. The van der Waals surface area contributed by atoms with Gasteiger partial charge in [0.1, 0.15) is 4.83 Å². The molecular formula is C19H21N3O2S. The molecule has 0 radical (unpaired) electrons. The quantitative estimate of drug-likeness (QED) is 0.737. The van der Waals surface area contributed by atoms with Crippen LogP contribution in [0, 0.1) is 5.92 Å². The van der Waals surface area contributed by atoms with Gasteiger partial charge in [0.25, 0.3) is 5.56 Å². The molecule has 1 atom stereocenters. The lowest BCUT2D eigenvalue weighted by molar-refractivity contribution is -0.122. The van der Waals surface area contributed by atoms with Crippen molar-refractivity contribution in [2.75, 3.05) is 0 Å². The normalized spacial score (nSPS) is 12.4. The number of hydrogen-bond donors (Lipinski definition) is 1. The molecule has 1 aromatic carbocycles. The van der Waals surface area contributed by atoms with E-state index in [1.54, 1.807) is 6.07 Å². The Bertz CT molecular complexity index is 915. The Hall–Kier alpha value is -2.47. The van der Waals surface area contributed by atoms with Gasteiger partial charge in [-0.2, -0.15) is 0 Å². The summed E-state index contributed by atoms with van der Waals surface area (Å²) in [6.07, 6.45) is 1.76. The zero-order valence-corrected chi connectivity index (χ0v) is 15.1. The highest BCUT2D eigenvalue weighted by atomic mass is 32.1. The van der Waals surface area contributed by atoms with Crippen LogP contribution in [0.25, 0.3) is 10.2 Å². The zero-order chi connectivity index (χ0) is 17.8. The summed E-state index contributed by atoms with van der Waals surface area (Å²) in [5.74, 6) is 0.206. The molecule has 0 aliphatic rings. The number of thiophene rings is 1. The Kier molecular flexibility index (Phi) is 5.28. The average molecular weight is 355 g/mol. The molecule has 2 heterocycles. The lowest BCUT2D eigenvalue weighted by atomic mass is 9.96. The number of aromatic nitrogens is 2. The van der Waals surface area contributed by atoms with Gasteiger partial charge in [-0.1, -0.05) is 44.2 Å². The van der Waals surface area contributed by atoms with Crippen LogP contribution in [0.1, 0.15) is 31.9 Å². The molecule has 0 fully saturated rings. The molecule has 3 rings (SSSR count). The predicted molar refractivity (Wildman–Crippen MR) is 101 cm³/mol. The molecule has 5 nitrogen and oxygen atoms in total. The molecule has 0 saturated carbocycles. The van der Waals surface area contributed by atoms with Gasteiger partial charge in [0.2, 0.25) is 5.91 Å². The van der Waals surface area contributed by atoms with E-state index in [4.69, 9.17) is 0 Å². The van der Waals surface area contributed by atoms with Gasteiger partial charge < -0.3 is 5.32 Å². The second kappa shape index (κ2) is 7.61. The van der Waals surface area contributed by atoms with Crippen LogP contribution >= 0.6 is 11.3 Å². The largest absolute Gasteiger partial charge is 0.349 e. The molecule has 0 bridgehead atoms. The van der Waals surface area contributed by atoms with Crippen LogP contribution < -0.4 is 10.9 Å². The molecule has 0 saturated heterocycles. The van der Waals surface area contributed by atoms with Gasteiger partial charge in [0, 0.05) is 13.0 Å². The summed E-state index contributed by atoms with van der Waals surface area (Å²) >= 11 is 1.44. The summed E-state index contributed by atoms with van der Waals surface area (Å²) in [5.41, 5.74) is 0.992. The fourth-order valence-corrected chi connectivity index (χ4v) is 3.54. The van der Waals surface area contributed by atoms with E-state index in [0.717, 1.165) is 10.4 Å². The Labute approximate surface area is 150 Å². The number of carbonyl (C=O) groups excluding carboxylic acids is 1. The van der Waals surface area contributed by atoms with Gasteiger partial charge in [0.15, 0.2) is 0 Å². The SMILES string of the molecule is CC(C)C(NC(=O)CCn1cnc2sccc2c1=O)c1ccccc1. The van der Waals surface area contributed by atoms with Crippen molar-refractivity contribution in [2.24, 2.45) is 5.92 Å². The number of amides is 1. The molecule has 25 heavy (non-hydrogen) atoms. The first-order valence-electron chi connectivity index (χ1n) is 8.33. The third-order valence-corrected chi connectivity index (χ3v) is 4.99. The van der Waals surface area contributed by atoms with Gasteiger partial charge in [-0.15, -0.1) is 11.3 Å². The van der Waals surface area contributed by atoms with Gasteiger partial charge in [0.05, 0.1) is 17.8 Å². The van der Waals surface area contributed by atoms with Gasteiger partial charge in [-0.05, 0) is 22.9 Å². The summed E-state index contributed by atoms with van der Waals surface area (Å²) < 4.78 is 1.50. The van der Waals surface area contributed by atoms with Crippen LogP contribution in [0.3, 0.4) is 0 Å². The van der Waals surface area contributed by atoms with Crippen molar-refractivity contribution in [3.05, 3.63) is 64.0 Å². The molecule has 1 amide bonds. The lowest BCUT2D eigenvalue weighted by Crippen LogP contribution is -2.33. The fraction of sp³-hybridized carbons (Fsp3) is 0.316. The fourth-order valence-electron chi connectivity index (χ4n) is 2.82. The number of hydrogen-bond acceptors (Lipinski definition) is 4. The number of rotatable bonds is 6. The summed E-state index contributed by atoms with van der Waals surface area (Å²) in [4.78, 5) is 29.7. The summed E-state index contributed by atoms with van der Waals surface area (Å²) in [6.45, 7) is 4.48. The first-order valence-corrected chi connectivity index (χ1v) is 9.21. The third-order valence-electron chi connectivity index (χ3n) is 4.17. The molecule has 1 unspecified atom stereocenters. The summed E-state index contributed by atoms with van der Waals surface area (Å²) in [7, 11) is 0.